The molecule has 0 bridgehead atoms. The highest BCUT2D eigenvalue weighted by molar-refractivity contribution is 7.90. The molecule has 0 unspecified atom stereocenters. The zero-order chi connectivity index (χ0) is 25.3. The SMILES string of the molecule is CS(=O)(=O)c1ccc(-c2ccc(CNC(=O)Cn3c(-c4ccn[nH]4)cc4cc(F)ccc43)nc2)cc1. The predicted octanol–water partition coefficient (Wildman–Crippen LogP) is 3.95. The molecule has 0 fully saturated rings. The van der Waals surface area contributed by atoms with Gasteiger partial charge in [0.05, 0.1) is 28.5 Å². The highest BCUT2D eigenvalue weighted by Crippen LogP contribution is 2.27. The standard InChI is InChI=1S/C26H22FN5O3S/c1-36(34,35)22-7-3-17(4-8-22)18-2-6-21(28-14-18)15-29-26(33)16-32-24-9-5-20(27)12-19(24)13-25(32)23-10-11-30-31-23/h2-14H,15-16H2,1H3,(H,29,33)(H,30,31). The number of aromatic nitrogens is 4. The zero-order valence-corrected chi connectivity index (χ0v) is 20.1. The molecule has 5 rings (SSSR count). The van der Waals surface area contributed by atoms with Gasteiger partial charge in [0, 0.05) is 35.1 Å². The van der Waals surface area contributed by atoms with Gasteiger partial charge in [0.25, 0.3) is 0 Å². The van der Waals surface area contributed by atoms with Gasteiger partial charge in [-0.3, -0.25) is 14.9 Å². The van der Waals surface area contributed by atoms with Gasteiger partial charge in [-0.1, -0.05) is 18.2 Å². The van der Waals surface area contributed by atoms with Crippen molar-refractivity contribution in [2.75, 3.05) is 6.26 Å². The van der Waals surface area contributed by atoms with Crippen LogP contribution in [0.15, 0.2) is 84.0 Å². The number of pyridine rings is 1. The quantitative estimate of drug-likeness (QED) is 0.350. The summed E-state index contributed by atoms with van der Waals surface area (Å²) in [4.78, 5) is 17.5. The summed E-state index contributed by atoms with van der Waals surface area (Å²) >= 11 is 0. The summed E-state index contributed by atoms with van der Waals surface area (Å²) < 4.78 is 38.8. The van der Waals surface area contributed by atoms with Gasteiger partial charge < -0.3 is 9.88 Å². The summed E-state index contributed by atoms with van der Waals surface area (Å²) in [6, 6.07) is 18.3. The summed E-state index contributed by atoms with van der Waals surface area (Å²) in [5.41, 5.74) is 4.54. The van der Waals surface area contributed by atoms with E-state index in [0.29, 0.717) is 11.1 Å². The van der Waals surface area contributed by atoms with Crippen LogP contribution in [0.1, 0.15) is 5.69 Å². The number of nitrogens with zero attached hydrogens (tertiary/aromatic N) is 3. The molecular formula is C26H22FN5O3S. The average molecular weight is 504 g/mol. The van der Waals surface area contributed by atoms with Crippen molar-refractivity contribution in [3.8, 4) is 22.5 Å². The Morgan fingerprint density at radius 2 is 1.81 bits per heavy atom. The Morgan fingerprint density at radius 1 is 1.03 bits per heavy atom. The zero-order valence-electron chi connectivity index (χ0n) is 19.3. The van der Waals surface area contributed by atoms with Crippen molar-refractivity contribution in [1.82, 2.24) is 25.1 Å². The molecule has 5 aromatic rings. The van der Waals surface area contributed by atoms with Crippen LogP contribution in [-0.4, -0.2) is 40.3 Å². The summed E-state index contributed by atoms with van der Waals surface area (Å²) in [7, 11) is -3.25. The van der Waals surface area contributed by atoms with Crippen LogP contribution in [0.5, 0.6) is 0 Å². The van der Waals surface area contributed by atoms with Crippen molar-refractivity contribution >= 4 is 26.6 Å². The molecule has 0 saturated carbocycles. The van der Waals surface area contributed by atoms with E-state index in [1.54, 1.807) is 48.8 Å². The van der Waals surface area contributed by atoms with E-state index < -0.39 is 9.84 Å². The number of aromatic amines is 1. The van der Waals surface area contributed by atoms with E-state index in [2.05, 4.69) is 20.5 Å². The Kier molecular flexibility index (Phi) is 6.11. The molecule has 0 saturated heterocycles. The second-order valence-corrected chi connectivity index (χ2v) is 10.4. The summed E-state index contributed by atoms with van der Waals surface area (Å²) in [6.45, 7) is 0.271. The van der Waals surface area contributed by atoms with Crippen molar-refractivity contribution in [3.63, 3.8) is 0 Å². The number of rotatable bonds is 7. The number of sulfone groups is 1. The van der Waals surface area contributed by atoms with Crippen molar-refractivity contribution < 1.29 is 17.6 Å². The van der Waals surface area contributed by atoms with Gasteiger partial charge in [-0.2, -0.15) is 5.10 Å². The third kappa shape index (κ3) is 4.89. The molecule has 3 aromatic heterocycles. The third-order valence-corrected chi connectivity index (χ3v) is 6.98. The van der Waals surface area contributed by atoms with Gasteiger partial charge in [-0.25, -0.2) is 12.8 Å². The number of halogens is 1. The topological polar surface area (TPSA) is 110 Å². The van der Waals surface area contributed by atoms with Gasteiger partial charge >= 0.3 is 0 Å². The molecule has 2 aromatic carbocycles. The van der Waals surface area contributed by atoms with Gasteiger partial charge in [-0.15, -0.1) is 0 Å². The maximum atomic E-state index is 13.8. The first-order valence-corrected chi connectivity index (χ1v) is 13.0. The molecule has 1 amide bonds. The predicted molar refractivity (Wildman–Crippen MR) is 134 cm³/mol. The van der Waals surface area contributed by atoms with Crippen molar-refractivity contribution in [2.24, 2.45) is 0 Å². The number of carbonyl (C=O) groups is 1. The summed E-state index contributed by atoms with van der Waals surface area (Å²) in [5, 5.41) is 10.4. The van der Waals surface area contributed by atoms with E-state index in [4.69, 9.17) is 0 Å². The Labute approximate surface area is 206 Å². The fraction of sp³-hybridized carbons (Fsp3) is 0.115. The van der Waals surface area contributed by atoms with Gasteiger partial charge in [0.1, 0.15) is 12.4 Å². The van der Waals surface area contributed by atoms with Crippen molar-refractivity contribution in [3.05, 3.63) is 90.6 Å². The molecule has 0 spiro atoms. The Balaban J connectivity index is 1.28. The number of fused-ring (bicyclic) bond motifs is 1. The molecular weight excluding hydrogens is 481 g/mol. The van der Waals surface area contributed by atoms with E-state index >= 15 is 0 Å². The number of hydrogen-bond acceptors (Lipinski definition) is 5. The van der Waals surface area contributed by atoms with Crippen LogP contribution in [0, 0.1) is 5.82 Å². The first-order chi connectivity index (χ1) is 17.3. The average Bonchev–Trinajstić information content (AvgIpc) is 3.51. The first-order valence-electron chi connectivity index (χ1n) is 11.1. The lowest BCUT2D eigenvalue weighted by Gasteiger charge is -2.11. The fourth-order valence-electron chi connectivity index (χ4n) is 4.02. The number of carbonyl (C=O) groups excluding carboxylic acids is 1. The second kappa shape index (κ2) is 9.38. The monoisotopic (exact) mass is 503 g/mol. The molecule has 3 heterocycles. The van der Waals surface area contributed by atoms with E-state index in [-0.39, 0.29) is 29.7 Å². The van der Waals surface area contributed by atoms with Crippen LogP contribution in [0.3, 0.4) is 0 Å². The van der Waals surface area contributed by atoms with Crippen molar-refractivity contribution in [2.45, 2.75) is 18.0 Å². The Hall–Kier alpha value is -4.31. The van der Waals surface area contributed by atoms with Gasteiger partial charge in [0.15, 0.2) is 9.84 Å². The maximum absolute atomic E-state index is 13.8. The smallest absolute Gasteiger partial charge is 0.240 e. The minimum absolute atomic E-state index is 0.0360. The van der Waals surface area contributed by atoms with Crippen LogP contribution in [0.4, 0.5) is 4.39 Å². The number of hydrogen-bond donors (Lipinski definition) is 2. The first kappa shape index (κ1) is 23.4. The van der Waals surface area contributed by atoms with E-state index in [9.17, 15) is 17.6 Å². The van der Waals surface area contributed by atoms with E-state index in [1.165, 1.54) is 18.4 Å². The summed E-state index contributed by atoms with van der Waals surface area (Å²) in [5.74, 6) is -0.569. The lowest BCUT2D eigenvalue weighted by atomic mass is 10.1. The fourth-order valence-corrected chi connectivity index (χ4v) is 4.65. The molecule has 8 nitrogen and oxygen atoms in total. The molecule has 0 radical (unpaired) electrons. The number of benzene rings is 2. The molecule has 0 aliphatic carbocycles. The van der Waals surface area contributed by atoms with Gasteiger partial charge in [-0.05, 0) is 54.1 Å². The van der Waals surface area contributed by atoms with Crippen LogP contribution >= 0.6 is 0 Å². The largest absolute Gasteiger partial charge is 0.349 e. The molecule has 0 aliphatic heterocycles. The van der Waals surface area contributed by atoms with Crippen LogP contribution in [0.25, 0.3) is 33.4 Å². The molecule has 0 atom stereocenters. The normalized spacial score (nSPS) is 11.6. The highest BCUT2D eigenvalue weighted by atomic mass is 32.2. The van der Waals surface area contributed by atoms with Crippen LogP contribution in [-0.2, 0) is 27.7 Å². The maximum Gasteiger partial charge on any atom is 0.240 e. The second-order valence-electron chi connectivity index (χ2n) is 8.40. The van der Waals surface area contributed by atoms with E-state index in [0.717, 1.165) is 28.0 Å². The number of amides is 1. The Bertz CT molecular complexity index is 1640. The molecule has 182 valence electrons. The minimum Gasteiger partial charge on any atom is -0.349 e. The van der Waals surface area contributed by atoms with Crippen LogP contribution < -0.4 is 5.32 Å². The third-order valence-electron chi connectivity index (χ3n) is 5.85. The lowest BCUT2D eigenvalue weighted by Crippen LogP contribution is -2.27. The minimum atomic E-state index is -3.25. The number of nitrogens with one attached hydrogen (secondary N) is 2. The highest BCUT2D eigenvalue weighted by Gasteiger charge is 2.15. The molecule has 0 aliphatic rings. The molecule has 10 heteroatoms. The number of H-pyrrole nitrogens is 1. The lowest BCUT2D eigenvalue weighted by molar-refractivity contribution is -0.121. The van der Waals surface area contributed by atoms with Crippen LogP contribution in [0.2, 0.25) is 0 Å². The van der Waals surface area contributed by atoms with Crippen molar-refractivity contribution in [1.29, 1.82) is 0 Å². The summed E-state index contributed by atoms with van der Waals surface area (Å²) in [6.07, 6.45) is 4.47. The van der Waals surface area contributed by atoms with E-state index in [1.807, 2.05) is 22.8 Å². The van der Waals surface area contributed by atoms with Gasteiger partial charge in [0.2, 0.25) is 5.91 Å². The Morgan fingerprint density at radius 3 is 2.47 bits per heavy atom. The molecule has 2 N–H and O–H groups in total. The molecule has 36 heavy (non-hydrogen) atoms.